The molecule has 0 saturated carbocycles. The highest BCUT2D eigenvalue weighted by Gasteiger charge is 2.27. The molecule has 1 atom stereocenters. The van der Waals surface area contributed by atoms with Gasteiger partial charge in [0, 0.05) is 12.1 Å². The van der Waals surface area contributed by atoms with Gasteiger partial charge >= 0.3 is 12.1 Å². The Labute approximate surface area is 137 Å². The van der Waals surface area contributed by atoms with Crippen molar-refractivity contribution < 1.29 is 19.1 Å². The van der Waals surface area contributed by atoms with Crippen LogP contribution in [-0.4, -0.2) is 42.3 Å². The van der Waals surface area contributed by atoms with E-state index in [1.54, 1.807) is 11.0 Å². The number of carbonyl (C=O) groups is 2. The number of hydrogen-bond donors (Lipinski definition) is 0. The van der Waals surface area contributed by atoms with E-state index in [-0.39, 0.29) is 12.1 Å². The van der Waals surface area contributed by atoms with Gasteiger partial charge in [-0.1, -0.05) is 36.4 Å². The topological polar surface area (TPSA) is 55.8 Å². The number of carbonyl (C=O) groups excluding carboxylic acids is 2. The second-order valence-corrected chi connectivity index (χ2v) is 5.69. The molecule has 0 aliphatic carbocycles. The molecule has 0 N–H and O–H groups in total. The highest BCUT2D eigenvalue weighted by Crippen LogP contribution is 2.12. The van der Waals surface area contributed by atoms with Crippen LogP contribution >= 0.6 is 0 Å². The van der Waals surface area contributed by atoms with Crippen molar-refractivity contribution in [2.24, 2.45) is 0 Å². The van der Waals surface area contributed by atoms with Crippen LogP contribution in [-0.2, 0) is 14.3 Å². The van der Waals surface area contributed by atoms with E-state index < -0.39 is 18.2 Å². The first-order valence-electron chi connectivity index (χ1n) is 7.66. The number of ether oxygens (including phenoxy) is 2. The maximum Gasteiger partial charge on any atom is 0.411 e. The van der Waals surface area contributed by atoms with Gasteiger partial charge in [-0.15, -0.1) is 0 Å². The molecule has 126 valence electrons. The second-order valence-electron chi connectivity index (χ2n) is 5.69. The molecule has 0 aliphatic heterocycles. The van der Waals surface area contributed by atoms with Crippen LogP contribution in [0.2, 0.25) is 0 Å². The van der Waals surface area contributed by atoms with Gasteiger partial charge in [0.1, 0.15) is 0 Å². The average molecular weight is 319 g/mol. The van der Waals surface area contributed by atoms with E-state index in [9.17, 15) is 9.59 Å². The van der Waals surface area contributed by atoms with Gasteiger partial charge in [-0.25, -0.2) is 9.59 Å². The summed E-state index contributed by atoms with van der Waals surface area (Å²) in [6.07, 6.45) is 1.64. The number of amides is 1. The molecule has 1 amide bonds. The monoisotopic (exact) mass is 319 g/mol. The first-order valence-corrected chi connectivity index (χ1v) is 7.66. The van der Waals surface area contributed by atoms with E-state index in [0.717, 1.165) is 5.56 Å². The lowest BCUT2D eigenvalue weighted by atomic mass is 10.2. The fourth-order valence-electron chi connectivity index (χ4n) is 2.23. The number of rotatable bonds is 6. The number of esters is 1. The Morgan fingerprint density at radius 2 is 1.61 bits per heavy atom. The minimum absolute atomic E-state index is 0.0288. The molecular formula is C18H25NO4. The summed E-state index contributed by atoms with van der Waals surface area (Å²) in [6.45, 7) is 7.59. The van der Waals surface area contributed by atoms with Crippen LogP contribution < -0.4 is 0 Å². The van der Waals surface area contributed by atoms with E-state index in [1.165, 1.54) is 13.2 Å². The van der Waals surface area contributed by atoms with E-state index in [0.29, 0.717) is 0 Å². The van der Waals surface area contributed by atoms with Crippen LogP contribution in [0.1, 0.15) is 33.3 Å². The largest absolute Gasteiger partial charge is 0.466 e. The predicted octanol–water partition coefficient (Wildman–Crippen LogP) is 3.50. The Kier molecular flexibility index (Phi) is 7.32. The van der Waals surface area contributed by atoms with Gasteiger partial charge in [0.25, 0.3) is 0 Å². The SMILES string of the molecule is COC(=O)[C@@H](/C=C/c1ccccc1)OC(=O)N(C(C)C)C(C)C. The molecule has 0 unspecified atom stereocenters. The zero-order valence-electron chi connectivity index (χ0n) is 14.4. The van der Waals surface area contributed by atoms with Crippen molar-refractivity contribution in [2.75, 3.05) is 7.11 Å². The molecule has 23 heavy (non-hydrogen) atoms. The molecule has 0 heterocycles. The van der Waals surface area contributed by atoms with Gasteiger partial charge in [-0.05, 0) is 39.3 Å². The van der Waals surface area contributed by atoms with Crippen LogP contribution in [0.15, 0.2) is 36.4 Å². The molecule has 0 radical (unpaired) electrons. The van der Waals surface area contributed by atoms with Crippen LogP contribution in [0.25, 0.3) is 6.08 Å². The standard InChI is InChI=1S/C18H25NO4/c1-13(2)19(14(3)4)18(21)23-16(17(20)22-5)12-11-15-9-7-6-8-10-15/h6-14,16H,1-5H3/b12-11+/t16-/m1/s1. The van der Waals surface area contributed by atoms with Crippen LogP contribution in [0.3, 0.4) is 0 Å². The summed E-state index contributed by atoms with van der Waals surface area (Å²) in [5, 5.41) is 0. The summed E-state index contributed by atoms with van der Waals surface area (Å²) < 4.78 is 10.1. The first kappa shape index (κ1) is 18.7. The Bertz CT molecular complexity index is 529. The van der Waals surface area contributed by atoms with Crippen molar-refractivity contribution in [3.63, 3.8) is 0 Å². The van der Waals surface area contributed by atoms with Crippen LogP contribution in [0.4, 0.5) is 4.79 Å². The lowest BCUT2D eigenvalue weighted by Gasteiger charge is -2.30. The molecule has 5 nitrogen and oxygen atoms in total. The Balaban J connectivity index is 2.89. The van der Waals surface area contributed by atoms with E-state index >= 15 is 0 Å². The Morgan fingerprint density at radius 3 is 2.09 bits per heavy atom. The number of benzene rings is 1. The normalized spacial score (nSPS) is 12.5. The predicted molar refractivity (Wildman–Crippen MR) is 89.9 cm³/mol. The van der Waals surface area contributed by atoms with Crippen molar-refractivity contribution in [2.45, 2.75) is 45.9 Å². The van der Waals surface area contributed by atoms with Gasteiger partial charge in [0.2, 0.25) is 6.10 Å². The van der Waals surface area contributed by atoms with Gasteiger partial charge in [-0.2, -0.15) is 0 Å². The second kappa shape index (κ2) is 8.98. The minimum Gasteiger partial charge on any atom is -0.466 e. The molecule has 0 aliphatic rings. The van der Waals surface area contributed by atoms with Crippen molar-refractivity contribution in [1.29, 1.82) is 0 Å². The molecule has 0 aromatic heterocycles. The molecule has 0 fully saturated rings. The third-order valence-corrected chi connectivity index (χ3v) is 3.25. The molecule has 1 aromatic carbocycles. The van der Waals surface area contributed by atoms with Crippen LogP contribution in [0, 0.1) is 0 Å². The van der Waals surface area contributed by atoms with Gasteiger partial charge in [-0.3, -0.25) is 0 Å². The fourth-order valence-corrected chi connectivity index (χ4v) is 2.23. The minimum atomic E-state index is -1.08. The quantitative estimate of drug-likeness (QED) is 0.753. The van der Waals surface area contributed by atoms with E-state index in [4.69, 9.17) is 9.47 Å². The molecular weight excluding hydrogens is 294 g/mol. The number of nitrogens with zero attached hydrogens (tertiary/aromatic N) is 1. The summed E-state index contributed by atoms with van der Waals surface area (Å²) in [5.41, 5.74) is 0.905. The molecule has 0 saturated heterocycles. The number of methoxy groups -OCH3 is 1. The van der Waals surface area contributed by atoms with Crippen LogP contribution in [0.5, 0.6) is 0 Å². The highest BCUT2D eigenvalue weighted by molar-refractivity contribution is 5.82. The molecule has 0 spiro atoms. The van der Waals surface area contributed by atoms with Crippen molar-refractivity contribution in [1.82, 2.24) is 4.90 Å². The van der Waals surface area contributed by atoms with Crippen molar-refractivity contribution in [3.05, 3.63) is 42.0 Å². The maximum absolute atomic E-state index is 12.3. The fraction of sp³-hybridized carbons (Fsp3) is 0.444. The first-order chi connectivity index (χ1) is 10.9. The molecule has 5 heteroatoms. The third-order valence-electron chi connectivity index (χ3n) is 3.25. The van der Waals surface area contributed by atoms with Gasteiger partial charge < -0.3 is 14.4 Å². The third kappa shape index (κ3) is 5.77. The zero-order valence-corrected chi connectivity index (χ0v) is 14.4. The smallest absolute Gasteiger partial charge is 0.411 e. The lowest BCUT2D eigenvalue weighted by Crippen LogP contribution is -2.44. The summed E-state index contributed by atoms with van der Waals surface area (Å²) in [5.74, 6) is -0.613. The number of hydrogen-bond acceptors (Lipinski definition) is 4. The summed E-state index contributed by atoms with van der Waals surface area (Å²) in [7, 11) is 1.27. The van der Waals surface area contributed by atoms with Crippen molar-refractivity contribution >= 4 is 18.1 Å². The lowest BCUT2D eigenvalue weighted by molar-refractivity contribution is -0.148. The maximum atomic E-state index is 12.3. The Hall–Kier alpha value is -2.30. The molecule has 1 rings (SSSR count). The van der Waals surface area contributed by atoms with E-state index in [1.807, 2.05) is 58.0 Å². The highest BCUT2D eigenvalue weighted by atomic mass is 16.6. The molecule has 1 aromatic rings. The van der Waals surface area contributed by atoms with Gasteiger partial charge in [0.05, 0.1) is 7.11 Å². The Morgan fingerprint density at radius 1 is 1.04 bits per heavy atom. The molecule has 0 bridgehead atoms. The zero-order chi connectivity index (χ0) is 17.4. The summed E-state index contributed by atoms with van der Waals surface area (Å²) in [4.78, 5) is 25.8. The average Bonchev–Trinajstić information content (AvgIpc) is 2.50. The summed E-state index contributed by atoms with van der Waals surface area (Å²) >= 11 is 0. The van der Waals surface area contributed by atoms with E-state index in [2.05, 4.69) is 0 Å². The van der Waals surface area contributed by atoms with Gasteiger partial charge in [0.15, 0.2) is 0 Å². The summed E-state index contributed by atoms with van der Waals surface area (Å²) in [6, 6.07) is 9.40. The van der Waals surface area contributed by atoms with Crippen molar-refractivity contribution in [3.8, 4) is 0 Å².